The van der Waals surface area contributed by atoms with E-state index < -0.39 is 0 Å². The van der Waals surface area contributed by atoms with Crippen LogP contribution in [0.25, 0.3) is 0 Å². The SMILES string of the molecule is CCNC(=NCc1ccc(F)cc1CSC)NCC(=O)Nc1ccccc1.I. The number of para-hydroxylation sites is 1. The van der Waals surface area contributed by atoms with Gasteiger partial charge in [-0.3, -0.25) is 4.79 Å². The van der Waals surface area contributed by atoms with Gasteiger partial charge in [-0.1, -0.05) is 24.3 Å². The summed E-state index contributed by atoms with van der Waals surface area (Å²) >= 11 is 1.64. The Labute approximate surface area is 187 Å². The van der Waals surface area contributed by atoms with Crippen molar-refractivity contribution in [2.24, 2.45) is 4.99 Å². The van der Waals surface area contributed by atoms with Crippen LogP contribution in [0.15, 0.2) is 53.5 Å². The third-order valence-corrected chi connectivity index (χ3v) is 4.29. The maximum Gasteiger partial charge on any atom is 0.243 e. The zero-order valence-electron chi connectivity index (χ0n) is 16.0. The van der Waals surface area contributed by atoms with Crippen LogP contribution < -0.4 is 16.0 Å². The molecule has 0 aliphatic rings. The van der Waals surface area contributed by atoms with E-state index in [2.05, 4.69) is 20.9 Å². The molecule has 0 saturated heterocycles. The van der Waals surface area contributed by atoms with E-state index in [-0.39, 0.29) is 42.2 Å². The van der Waals surface area contributed by atoms with E-state index in [9.17, 15) is 9.18 Å². The van der Waals surface area contributed by atoms with E-state index in [1.807, 2.05) is 43.5 Å². The largest absolute Gasteiger partial charge is 0.357 e. The number of halogens is 2. The minimum Gasteiger partial charge on any atom is -0.357 e. The summed E-state index contributed by atoms with van der Waals surface area (Å²) in [4.78, 5) is 16.6. The molecule has 0 aromatic heterocycles. The summed E-state index contributed by atoms with van der Waals surface area (Å²) in [5.41, 5.74) is 2.65. The summed E-state index contributed by atoms with van der Waals surface area (Å²) in [6, 6.07) is 14.0. The van der Waals surface area contributed by atoms with E-state index in [4.69, 9.17) is 0 Å². The number of hydrogen-bond donors (Lipinski definition) is 3. The number of carbonyl (C=O) groups is 1. The second-order valence-corrected chi connectivity index (χ2v) is 6.67. The highest BCUT2D eigenvalue weighted by Crippen LogP contribution is 2.17. The fraction of sp³-hybridized carbons (Fsp3) is 0.300. The molecular formula is C20H26FIN4OS. The zero-order chi connectivity index (χ0) is 19.5. The Balaban J connectivity index is 0.00000392. The molecule has 5 nitrogen and oxygen atoms in total. The zero-order valence-corrected chi connectivity index (χ0v) is 19.1. The van der Waals surface area contributed by atoms with Crippen molar-refractivity contribution in [3.8, 4) is 0 Å². The molecule has 0 unspecified atom stereocenters. The van der Waals surface area contributed by atoms with Crippen LogP contribution in [0.4, 0.5) is 10.1 Å². The van der Waals surface area contributed by atoms with E-state index >= 15 is 0 Å². The normalized spacial score (nSPS) is 10.8. The number of guanidine groups is 1. The number of carbonyl (C=O) groups excluding carboxylic acids is 1. The average Bonchev–Trinajstić information content (AvgIpc) is 2.66. The summed E-state index contributed by atoms with van der Waals surface area (Å²) < 4.78 is 13.5. The van der Waals surface area contributed by atoms with Crippen molar-refractivity contribution >= 4 is 53.3 Å². The van der Waals surface area contributed by atoms with Gasteiger partial charge in [0.2, 0.25) is 5.91 Å². The fourth-order valence-corrected chi connectivity index (χ4v) is 3.01. The van der Waals surface area contributed by atoms with Crippen molar-refractivity contribution in [2.75, 3.05) is 24.7 Å². The average molecular weight is 516 g/mol. The Hall–Kier alpha value is -1.81. The Bertz CT molecular complexity index is 774. The summed E-state index contributed by atoms with van der Waals surface area (Å²) in [5.74, 6) is 0.873. The lowest BCUT2D eigenvalue weighted by molar-refractivity contribution is -0.115. The van der Waals surface area contributed by atoms with Gasteiger partial charge in [-0.25, -0.2) is 9.38 Å². The third kappa shape index (κ3) is 8.47. The highest BCUT2D eigenvalue weighted by atomic mass is 127. The summed E-state index contributed by atoms with van der Waals surface area (Å²) in [7, 11) is 0. The highest BCUT2D eigenvalue weighted by molar-refractivity contribution is 14.0. The molecule has 0 bridgehead atoms. The monoisotopic (exact) mass is 516 g/mol. The first kappa shape index (κ1) is 24.2. The Morgan fingerprint density at radius 2 is 1.86 bits per heavy atom. The molecule has 0 saturated carbocycles. The summed E-state index contributed by atoms with van der Waals surface area (Å²) in [6.07, 6.45) is 1.98. The van der Waals surface area contributed by atoms with Gasteiger partial charge in [-0.2, -0.15) is 11.8 Å². The van der Waals surface area contributed by atoms with Crippen LogP contribution in [0.1, 0.15) is 18.1 Å². The van der Waals surface area contributed by atoms with E-state index in [1.165, 1.54) is 6.07 Å². The summed E-state index contributed by atoms with van der Waals surface area (Å²) in [6.45, 7) is 3.14. The number of thioether (sulfide) groups is 1. The van der Waals surface area contributed by atoms with Crippen LogP contribution in [0, 0.1) is 5.82 Å². The van der Waals surface area contributed by atoms with Crippen molar-refractivity contribution in [3.63, 3.8) is 0 Å². The third-order valence-electron chi connectivity index (χ3n) is 3.69. The number of anilines is 1. The van der Waals surface area contributed by atoms with Crippen LogP contribution in [0.2, 0.25) is 0 Å². The molecule has 0 heterocycles. The molecule has 2 rings (SSSR count). The maximum absolute atomic E-state index is 13.5. The van der Waals surface area contributed by atoms with Gasteiger partial charge in [0.15, 0.2) is 5.96 Å². The quantitative estimate of drug-likeness (QED) is 0.282. The molecule has 1 amide bonds. The maximum atomic E-state index is 13.5. The van der Waals surface area contributed by atoms with Crippen LogP contribution in [-0.4, -0.2) is 31.2 Å². The molecule has 3 N–H and O–H groups in total. The molecule has 152 valence electrons. The Kier molecular flexibility index (Phi) is 11.6. The molecule has 0 aliphatic carbocycles. The first-order chi connectivity index (χ1) is 13.1. The van der Waals surface area contributed by atoms with Crippen LogP contribution in [-0.2, 0) is 17.1 Å². The van der Waals surface area contributed by atoms with Gasteiger partial charge >= 0.3 is 0 Å². The van der Waals surface area contributed by atoms with E-state index in [1.54, 1.807) is 23.9 Å². The molecule has 0 radical (unpaired) electrons. The topological polar surface area (TPSA) is 65.5 Å². The lowest BCUT2D eigenvalue weighted by Gasteiger charge is -2.12. The van der Waals surface area contributed by atoms with Gasteiger partial charge in [0.1, 0.15) is 5.82 Å². The lowest BCUT2D eigenvalue weighted by Crippen LogP contribution is -2.41. The highest BCUT2D eigenvalue weighted by Gasteiger charge is 2.06. The van der Waals surface area contributed by atoms with Crippen LogP contribution in [0.3, 0.4) is 0 Å². The van der Waals surface area contributed by atoms with Crippen LogP contribution >= 0.6 is 35.7 Å². The first-order valence-corrected chi connectivity index (χ1v) is 10.1. The van der Waals surface area contributed by atoms with Gasteiger partial charge in [-0.05, 0) is 48.6 Å². The number of nitrogens with one attached hydrogen (secondary N) is 3. The molecular weight excluding hydrogens is 490 g/mol. The smallest absolute Gasteiger partial charge is 0.243 e. The second-order valence-electron chi connectivity index (χ2n) is 5.81. The lowest BCUT2D eigenvalue weighted by atomic mass is 10.1. The molecule has 8 heteroatoms. The van der Waals surface area contributed by atoms with Gasteiger partial charge < -0.3 is 16.0 Å². The summed E-state index contributed by atoms with van der Waals surface area (Å²) in [5, 5.41) is 8.95. The van der Waals surface area contributed by atoms with Crippen molar-refractivity contribution in [2.45, 2.75) is 19.2 Å². The number of hydrogen-bond acceptors (Lipinski definition) is 3. The van der Waals surface area contributed by atoms with Crippen molar-refractivity contribution in [1.82, 2.24) is 10.6 Å². The van der Waals surface area contributed by atoms with Gasteiger partial charge in [0, 0.05) is 18.0 Å². The Morgan fingerprint density at radius 3 is 2.54 bits per heavy atom. The predicted octanol–water partition coefficient (Wildman–Crippen LogP) is 4.00. The van der Waals surface area contributed by atoms with Crippen molar-refractivity contribution < 1.29 is 9.18 Å². The molecule has 0 aliphatic heterocycles. The molecule has 0 atom stereocenters. The number of aliphatic imine (C=N–C) groups is 1. The first-order valence-electron chi connectivity index (χ1n) is 8.75. The van der Waals surface area contributed by atoms with Gasteiger partial charge in [0.25, 0.3) is 0 Å². The minimum atomic E-state index is -0.241. The Morgan fingerprint density at radius 1 is 1.11 bits per heavy atom. The number of amides is 1. The van der Waals surface area contributed by atoms with E-state index in [0.29, 0.717) is 19.0 Å². The number of rotatable bonds is 8. The van der Waals surface area contributed by atoms with Crippen molar-refractivity contribution in [3.05, 3.63) is 65.5 Å². The van der Waals surface area contributed by atoms with Crippen molar-refractivity contribution in [1.29, 1.82) is 0 Å². The standard InChI is InChI=1S/C20H25FN4OS.HI/c1-3-22-20(24-13-19(26)25-18-7-5-4-6-8-18)23-12-15-9-10-17(21)11-16(15)14-27-2;/h4-11H,3,12-14H2,1-2H3,(H,25,26)(H2,22,23,24);1H. The second kappa shape index (κ2) is 13.4. The molecule has 0 fully saturated rings. The van der Waals surface area contributed by atoms with Gasteiger partial charge in [0.05, 0.1) is 13.1 Å². The number of benzene rings is 2. The molecule has 2 aromatic carbocycles. The predicted molar refractivity (Wildman–Crippen MR) is 127 cm³/mol. The van der Waals surface area contributed by atoms with Crippen LogP contribution in [0.5, 0.6) is 0 Å². The molecule has 28 heavy (non-hydrogen) atoms. The minimum absolute atomic E-state index is 0. The van der Waals surface area contributed by atoms with Gasteiger partial charge in [-0.15, -0.1) is 24.0 Å². The fourth-order valence-electron chi connectivity index (χ4n) is 2.44. The van der Waals surface area contributed by atoms with E-state index in [0.717, 1.165) is 22.6 Å². The molecule has 0 spiro atoms. The number of nitrogens with zero attached hydrogens (tertiary/aromatic N) is 1. The molecule has 2 aromatic rings.